The lowest BCUT2D eigenvalue weighted by atomic mass is 9.94. The molecule has 11 heavy (non-hydrogen) atoms. The van der Waals surface area contributed by atoms with E-state index in [-0.39, 0.29) is 5.60 Å². The van der Waals surface area contributed by atoms with E-state index in [2.05, 4.69) is 13.8 Å². The molecule has 1 saturated carbocycles. The van der Waals surface area contributed by atoms with E-state index in [4.69, 9.17) is 0 Å². The smallest absolute Gasteiger partial charge is 0.0650 e. The molecule has 0 spiro atoms. The molecule has 0 heterocycles. The summed E-state index contributed by atoms with van der Waals surface area (Å²) in [6.45, 7) is 4.37. The van der Waals surface area contributed by atoms with Gasteiger partial charge in [0.05, 0.1) is 5.60 Å². The van der Waals surface area contributed by atoms with E-state index < -0.39 is 0 Å². The lowest BCUT2D eigenvalue weighted by Crippen LogP contribution is -2.24. The van der Waals surface area contributed by atoms with E-state index >= 15 is 0 Å². The molecule has 1 aliphatic rings. The average Bonchev–Trinajstić information content (AvgIpc) is 2.33. The maximum absolute atomic E-state index is 9.99. The van der Waals surface area contributed by atoms with Crippen LogP contribution >= 0.6 is 0 Å². The third-order valence-corrected chi connectivity index (χ3v) is 2.98. The zero-order valence-electron chi connectivity index (χ0n) is 7.77. The van der Waals surface area contributed by atoms with Gasteiger partial charge in [-0.3, -0.25) is 0 Å². The SMILES string of the molecule is CCC[C@]1(O)CCC(CC)C1. The van der Waals surface area contributed by atoms with Gasteiger partial charge in [0.2, 0.25) is 0 Å². The largest absolute Gasteiger partial charge is 0.390 e. The Hall–Kier alpha value is -0.0400. The van der Waals surface area contributed by atoms with Crippen LogP contribution in [0, 0.1) is 5.92 Å². The Morgan fingerprint density at radius 2 is 2.18 bits per heavy atom. The van der Waals surface area contributed by atoms with Crippen molar-refractivity contribution < 1.29 is 5.11 Å². The number of rotatable bonds is 3. The molecule has 0 aromatic carbocycles. The first-order chi connectivity index (χ1) is 5.20. The number of hydrogen-bond donors (Lipinski definition) is 1. The molecule has 1 aliphatic carbocycles. The van der Waals surface area contributed by atoms with Crippen LogP contribution in [0.25, 0.3) is 0 Å². The summed E-state index contributed by atoms with van der Waals surface area (Å²) in [4.78, 5) is 0. The molecule has 1 nitrogen and oxygen atoms in total. The van der Waals surface area contributed by atoms with Crippen molar-refractivity contribution in [3.05, 3.63) is 0 Å². The van der Waals surface area contributed by atoms with E-state index in [0.717, 1.165) is 31.6 Å². The Bertz CT molecular complexity index is 122. The van der Waals surface area contributed by atoms with Crippen LogP contribution < -0.4 is 0 Å². The summed E-state index contributed by atoms with van der Waals surface area (Å²) in [6.07, 6.45) is 6.70. The molecular formula is C10H20O. The van der Waals surface area contributed by atoms with Crippen LogP contribution in [0.15, 0.2) is 0 Å². The molecule has 66 valence electrons. The van der Waals surface area contributed by atoms with Crippen LogP contribution in [0.3, 0.4) is 0 Å². The van der Waals surface area contributed by atoms with E-state index in [9.17, 15) is 5.11 Å². The van der Waals surface area contributed by atoms with Crippen LogP contribution in [-0.2, 0) is 0 Å². The summed E-state index contributed by atoms with van der Waals surface area (Å²) < 4.78 is 0. The normalized spacial score (nSPS) is 37.9. The molecular weight excluding hydrogens is 136 g/mol. The zero-order valence-corrected chi connectivity index (χ0v) is 7.77. The van der Waals surface area contributed by atoms with Gasteiger partial charge in [0, 0.05) is 0 Å². The molecule has 1 unspecified atom stereocenters. The van der Waals surface area contributed by atoms with Crippen LogP contribution in [0.2, 0.25) is 0 Å². The fourth-order valence-corrected chi connectivity index (χ4v) is 2.26. The summed E-state index contributed by atoms with van der Waals surface area (Å²) in [5, 5.41) is 9.99. The van der Waals surface area contributed by atoms with Gasteiger partial charge in [0.25, 0.3) is 0 Å². The van der Waals surface area contributed by atoms with Crippen LogP contribution in [0.1, 0.15) is 52.4 Å². The summed E-state index contributed by atoms with van der Waals surface area (Å²) in [5.74, 6) is 0.798. The van der Waals surface area contributed by atoms with Crippen molar-refractivity contribution >= 4 is 0 Å². The summed E-state index contributed by atoms with van der Waals surface area (Å²) >= 11 is 0. The standard InChI is InChI=1S/C10H20O/c1-3-6-10(11)7-5-9(4-2)8-10/h9,11H,3-8H2,1-2H3/t9?,10-/m0/s1. The maximum Gasteiger partial charge on any atom is 0.0650 e. The van der Waals surface area contributed by atoms with Gasteiger partial charge in [-0.2, -0.15) is 0 Å². The van der Waals surface area contributed by atoms with Crippen LogP contribution in [0.4, 0.5) is 0 Å². The van der Waals surface area contributed by atoms with Crippen molar-refractivity contribution in [2.24, 2.45) is 5.92 Å². The third kappa shape index (κ3) is 2.19. The molecule has 1 N–H and O–H groups in total. The lowest BCUT2D eigenvalue weighted by molar-refractivity contribution is 0.0338. The molecule has 2 atom stereocenters. The second-order valence-corrected chi connectivity index (χ2v) is 3.99. The van der Waals surface area contributed by atoms with Gasteiger partial charge < -0.3 is 5.11 Å². The molecule has 0 amide bonds. The fraction of sp³-hybridized carbons (Fsp3) is 1.00. The van der Waals surface area contributed by atoms with Crippen molar-refractivity contribution in [2.45, 2.75) is 58.0 Å². The minimum Gasteiger partial charge on any atom is -0.390 e. The van der Waals surface area contributed by atoms with Crippen molar-refractivity contribution in [3.63, 3.8) is 0 Å². The third-order valence-electron chi connectivity index (χ3n) is 2.98. The highest BCUT2D eigenvalue weighted by molar-refractivity contribution is 4.88. The molecule has 0 aliphatic heterocycles. The Kier molecular flexibility index (Phi) is 2.94. The number of aliphatic hydroxyl groups is 1. The van der Waals surface area contributed by atoms with E-state index in [1.165, 1.54) is 12.8 Å². The van der Waals surface area contributed by atoms with Gasteiger partial charge in [-0.1, -0.05) is 26.7 Å². The molecule has 0 bridgehead atoms. The Balaban J connectivity index is 2.37. The van der Waals surface area contributed by atoms with Crippen molar-refractivity contribution in [1.82, 2.24) is 0 Å². The van der Waals surface area contributed by atoms with Crippen molar-refractivity contribution in [1.29, 1.82) is 0 Å². The van der Waals surface area contributed by atoms with E-state index in [1.54, 1.807) is 0 Å². The second-order valence-electron chi connectivity index (χ2n) is 3.99. The molecule has 1 fully saturated rings. The minimum atomic E-state index is -0.282. The second kappa shape index (κ2) is 3.57. The van der Waals surface area contributed by atoms with Crippen LogP contribution in [-0.4, -0.2) is 10.7 Å². The van der Waals surface area contributed by atoms with Gasteiger partial charge >= 0.3 is 0 Å². The maximum atomic E-state index is 9.99. The highest BCUT2D eigenvalue weighted by Gasteiger charge is 2.35. The fourth-order valence-electron chi connectivity index (χ4n) is 2.26. The highest BCUT2D eigenvalue weighted by Crippen LogP contribution is 2.38. The summed E-state index contributed by atoms with van der Waals surface area (Å²) in [7, 11) is 0. The Morgan fingerprint density at radius 3 is 2.64 bits per heavy atom. The molecule has 1 heteroatoms. The zero-order chi connectivity index (χ0) is 8.32. The Labute approximate surface area is 69.8 Å². The first-order valence-corrected chi connectivity index (χ1v) is 4.92. The first kappa shape index (κ1) is 9.05. The number of hydrogen-bond acceptors (Lipinski definition) is 1. The lowest BCUT2D eigenvalue weighted by Gasteiger charge is -2.21. The molecule has 0 saturated heterocycles. The van der Waals surface area contributed by atoms with Gasteiger partial charge in [-0.25, -0.2) is 0 Å². The molecule has 1 rings (SSSR count). The highest BCUT2D eigenvalue weighted by atomic mass is 16.3. The average molecular weight is 156 g/mol. The first-order valence-electron chi connectivity index (χ1n) is 4.92. The van der Waals surface area contributed by atoms with Gasteiger partial charge in [0.15, 0.2) is 0 Å². The molecule has 0 aromatic heterocycles. The quantitative estimate of drug-likeness (QED) is 0.666. The molecule has 0 radical (unpaired) electrons. The van der Waals surface area contributed by atoms with E-state index in [1.807, 2.05) is 0 Å². The predicted molar refractivity (Wildman–Crippen MR) is 47.5 cm³/mol. The minimum absolute atomic E-state index is 0.282. The monoisotopic (exact) mass is 156 g/mol. The van der Waals surface area contributed by atoms with Gasteiger partial charge in [-0.05, 0) is 31.6 Å². The Morgan fingerprint density at radius 1 is 1.45 bits per heavy atom. The van der Waals surface area contributed by atoms with E-state index in [0.29, 0.717) is 0 Å². The van der Waals surface area contributed by atoms with Gasteiger partial charge in [0.1, 0.15) is 0 Å². The summed E-state index contributed by atoms with van der Waals surface area (Å²) in [5.41, 5.74) is -0.282. The topological polar surface area (TPSA) is 20.2 Å². The summed E-state index contributed by atoms with van der Waals surface area (Å²) in [6, 6.07) is 0. The van der Waals surface area contributed by atoms with Crippen molar-refractivity contribution in [3.8, 4) is 0 Å². The van der Waals surface area contributed by atoms with Gasteiger partial charge in [-0.15, -0.1) is 0 Å². The molecule has 0 aromatic rings. The van der Waals surface area contributed by atoms with Crippen LogP contribution in [0.5, 0.6) is 0 Å². The van der Waals surface area contributed by atoms with Crippen molar-refractivity contribution in [2.75, 3.05) is 0 Å². The predicted octanol–water partition coefficient (Wildman–Crippen LogP) is 2.73.